The number of anilines is 1. The highest BCUT2D eigenvalue weighted by Gasteiger charge is 2.38. The van der Waals surface area contributed by atoms with Crippen molar-refractivity contribution in [3.8, 4) is 28.3 Å². The number of aromatic amines is 1. The van der Waals surface area contributed by atoms with E-state index in [2.05, 4.69) is 39.9 Å². The Hall–Kier alpha value is -4.62. The normalized spacial score (nSPS) is 15.3. The van der Waals surface area contributed by atoms with Gasteiger partial charge in [0, 0.05) is 32.0 Å². The van der Waals surface area contributed by atoms with Crippen molar-refractivity contribution in [3.63, 3.8) is 0 Å². The number of amides is 1. The Labute approximate surface area is 248 Å². The Balaban J connectivity index is 1.25. The number of H-pyrrole nitrogens is 1. The van der Waals surface area contributed by atoms with E-state index in [0.717, 1.165) is 11.6 Å². The van der Waals surface area contributed by atoms with Crippen molar-refractivity contribution in [3.05, 3.63) is 78.1 Å². The molecule has 1 saturated heterocycles. The lowest BCUT2D eigenvalue weighted by molar-refractivity contribution is 0.127. The third-order valence-electron chi connectivity index (χ3n) is 7.26. The summed E-state index contributed by atoms with van der Waals surface area (Å²) < 4.78 is 33.6. The quantitative estimate of drug-likeness (QED) is 0.156. The van der Waals surface area contributed by atoms with Crippen molar-refractivity contribution < 1.29 is 23.4 Å². The first kappa shape index (κ1) is 28.5. The van der Waals surface area contributed by atoms with Gasteiger partial charge in [0.2, 0.25) is 0 Å². The molecule has 1 atom stereocenters. The first-order valence-corrected chi connectivity index (χ1v) is 17.6. The molecule has 0 unspecified atom stereocenters. The van der Waals surface area contributed by atoms with Crippen LogP contribution < -0.4 is 9.64 Å². The van der Waals surface area contributed by atoms with E-state index in [4.69, 9.17) is 19.2 Å². The molecular weight excluding hydrogens is 569 g/mol. The van der Waals surface area contributed by atoms with Gasteiger partial charge in [0.15, 0.2) is 17.3 Å². The van der Waals surface area contributed by atoms with Crippen molar-refractivity contribution in [2.24, 2.45) is 0 Å². The molecule has 222 valence electrons. The second kappa shape index (κ2) is 11.6. The molecule has 43 heavy (non-hydrogen) atoms. The third kappa shape index (κ3) is 5.86. The van der Waals surface area contributed by atoms with Gasteiger partial charge in [0.1, 0.15) is 36.6 Å². The molecule has 6 rings (SSSR count). The Morgan fingerprint density at radius 3 is 2.74 bits per heavy atom. The Bertz CT molecular complexity index is 1780. The van der Waals surface area contributed by atoms with Gasteiger partial charge in [-0.1, -0.05) is 43.9 Å². The van der Waals surface area contributed by atoms with Crippen LogP contribution in [-0.4, -0.2) is 64.3 Å². The van der Waals surface area contributed by atoms with Gasteiger partial charge >= 0.3 is 6.09 Å². The molecule has 1 aliphatic heterocycles. The number of halogens is 1. The molecule has 4 heterocycles. The van der Waals surface area contributed by atoms with Gasteiger partial charge in [-0.2, -0.15) is 10.2 Å². The van der Waals surface area contributed by atoms with E-state index in [0.29, 0.717) is 40.8 Å². The fourth-order valence-corrected chi connectivity index (χ4v) is 5.69. The Kier molecular flexibility index (Phi) is 7.67. The predicted molar refractivity (Wildman–Crippen MR) is 161 cm³/mol. The number of benzene rings is 2. The SMILES string of the molecule is COc1ccccc1[C@H]1COC(=O)N1c1ccn2ncc(-c3ccc(-c4n[nH]c(COCC[Si](C)(C)C)n4)c(F)c3)c2n1. The van der Waals surface area contributed by atoms with Crippen LogP contribution in [0.15, 0.2) is 60.9 Å². The van der Waals surface area contributed by atoms with Crippen molar-refractivity contribution in [2.75, 3.05) is 25.2 Å². The van der Waals surface area contributed by atoms with Crippen LogP contribution in [-0.2, 0) is 16.1 Å². The van der Waals surface area contributed by atoms with E-state index in [1.54, 1.807) is 42.2 Å². The molecule has 11 nitrogen and oxygen atoms in total. The number of nitrogens with zero attached hydrogens (tertiary/aromatic N) is 6. The average Bonchev–Trinajstić information content (AvgIpc) is 3.73. The molecular formula is C30H32FN7O4Si. The molecule has 3 aromatic heterocycles. The summed E-state index contributed by atoms with van der Waals surface area (Å²) in [4.78, 5) is 23.5. The molecule has 1 fully saturated rings. The molecule has 5 aromatic rings. The number of nitrogens with one attached hydrogen (secondary N) is 1. The first-order chi connectivity index (χ1) is 20.7. The number of hydrogen-bond acceptors (Lipinski definition) is 8. The molecule has 1 aliphatic rings. The van der Waals surface area contributed by atoms with E-state index in [1.807, 2.05) is 24.3 Å². The van der Waals surface area contributed by atoms with Crippen molar-refractivity contribution in [1.82, 2.24) is 29.8 Å². The maximum absolute atomic E-state index is 15.4. The largest absolute Gasteiger partial charge is 0.496 e. The number of carbonyl (C=O) groups excluding carboxylic acids is 1. The van der Waals surface area contributed by atoms with Gasteiger partial charge in [-0.15, -0.1) is 0 Å². The van der Waals surface area contributed by atoms with Gasteiger partial charge in [-0.3, -0.25) is 10.00 Å². The number of aromatic nitrogens is 6. The minimum atomic E-state index is -1.19. The van der Waals surface area contributed by atoms with Crippen LogP contribution in [0.2, 0.25) is 25.7 Å². The molecule has 0 spiro atoms. The fraction of sp³-hybridized carbons (Fsp3) is 0.300. The van der Waals surface area contributed by atoms with E-state index < -0.39 is 26.0 Å². The van der Waals surface area contributed by atoms with E-state index in [-0.39, 0.29) is 24.6 Å². The number of para-hydroxylation sites is 1. The van der Waals surface area contributed by atoms with Crippen LogP contribution in [0.3, 0.4) is 0 Å². The van der Waals surface area contributed by atoms with Gasteiger partial charge in [0.25, 0.3) is 0 Å². The summed E-state index contributed by atoms with van der Waals surface area (Å²) in [5.74, 6) is 1.33. The second-order valence-corrected chi connectivity index (χ2v) is 17.1. The fourth-order valence-electron chi connectivity index (χ4n) is 4.93. The van der Waals surface area contributed by atoms with Gasteiger partial charge in [-0.05, 0) is 35.9 Å². The van der Waals surface area contributed by atoms with Gasteiger partial charge < -0.3 is 14.2 Å². The maximum atomic E-state index is 15.4. The number of carbonyl (C=O) groups is 1. The van der Waals surface area contributed by atoms with Crippen molar-refractivity contribution >= 4 is 25.6 Å². The molecule has 1 N–H and O–H groups in total. The number of ether oxygens (including phenoxy) is 3. The average molecular weight is 602 g/mol. The third-order valence-corrected chi connectivity index (χ3v) is 8.96. The summed E-state index contributed by atoms with van der Waals surface area (Å²) in [6.45, 7) is 7.97. The highest BCUT2D eigenvalue weighted by atomic mass is 28.3. The van der Waals surface area contributed by atoms with Crippen LogP contribution in [0.1, 0.15) is 17.4 Å². The van der Waals surface area contributed by atoms with Crippen LogP contribution in [0.5, 0.6) is 5.75 Å². The van der Waals surface area contributed by atoms with Gasteiger partial charge in [-0.25, -0.2) is 23.7 Å². The Morgan fingerprint density at radius 1 is 1.12 bits per heavy atom. The summed E-state index contributed by atoms with van der Waals surface area (Å²) in [7, 11) is 0.394. The van der Waals surface area contributed by atoms with Crippen LogP contribution >= 0.6 is 0 Å². The zero-order valence-electron chi connectivity index (χ0n) is 24.4. The number of cyclic esters (lactones) is 1. The lowest BCUT2D eigenvalue weighted by Gasteiger charge is -2.22. The molecule has 13 heteroatoms. The number of fused-ring (bicyclic) bond motifs is 1. The zero-order chi connectivity index (χ0) is 30.1. The number of rotatable bonds is 10. The monoisotopic (exact) mass is 601 g/mol. The standard InChI is InChI=1S/C30H32FN7O4Si/c1-40-25-8-6-5-7-21(25)24-17-42-30(39)38(24)27-11-12-37-29(34-27)22(16-32-37)19-9-10-20(23(31)15-19)28-33-26(35-36-28)18-41-13-14-43(2,3)4/h5-12,15-16,24H,13-14,17-18H2,1-4H3,(H,33,35,36)/t24-/m1/s1. The van der Waals surface area contributed by atoms with Gasteiger partial charge in [0.05, 0.1) is 18.9 Å². The summed E-state index contributed by atoms with van der Waals surface area (Å²) in [5.41, 5.74) is 2.69. The number of hydrogen-bond donors (Lipinski definition) is 1. The second-order valence-electron chi connectivity index (χ2n) is 11.5. The Morgan fingerprint density at radius 2 is 1.95 bits per heavy atom. The minimum absolute atomic E-state index is 0.151. The number of methoxy groups -OCH3 is 1. The van der Waals surface area contributed by atoms with E-state index in [1.165, 1.54) is 11.0 Å². The predicted octanol–water partition coefficient (Wildman–Crippen LogP) is 5.88. The van der Waals surface area contributed by atoms with E-state index in [9.17, 15) is 4.79 Å². The zero-order valence-corrected chi connectivity index (χ0v) is 25.4. The highest BCUT2D eigenvalue weighted by molar-refractivity contribution is 6.76. The first-order valence-electron chi connectivity index (χ1n) is 13.9. The highest BCUT2D eigenvalue weighted by Crippen LogP contribution is 2.37. The molecule has 1 amide bonds. The van der Waals surface area contributed by atoms with Crippen LogP contribution in [0, 0.1) is 5.82 Å². The van der Waals surface area contributed by atoms with Crippen LogP contribution in [0.4, 0.5) is 15.0 Å². The lowest BCUT2D eigenvalue weighted by Crippen LogP contribution is -2.28. The van der Waals surface area contributed by atoms with Crippen molar-refractivity contribution in [2.45, 2.75) is 38.3 Å². The summed E-state index contributed by atoms with van der Waals surface area (Å²) in [6, 6.07) is 14.6. The van der Waals surface area contributed by atoms with Crippen LogP contribution in [0.25, 0.3) is 28.2 Å². The molecule has 2 aromatic carbocycles. The summed E-state index contributed by atoms with van der Waals surface area (Å²) in [5, 5.41) is 11.4. The molecule has 0 bridgehead atoms. The summed E-state index contributed by atoms with van der Waals surface area (Å²) in [6.07, 6.45) is 2.80. The smallest absolute Gasteiger partial charge is 0.416 e. The minimum Gasteiger partial charge on any atom is -0.496 e. The van der Waals surface area contributed by atoms with E-state index >= 15 is 4.39 Å². The topological polar surface area (TPSA) is 120 Å². The molecule has 0 aliphatic carbocycles. The van der Waals surface area contributed by atoms with Crippen molar-refractivity contribution in [1.29, 1.82) is 0 Å². The maximum Gasteiger partial charge on any atom is 0.416 e. The molecule has 0 saturated carbocycles. The lowest BCUT2D eigenvalue weighted by atomic mass is 10.1. The summed E-state index contributed by atoms with van der Waals surface area (Å²) >= 11 is 0. The molecule has 0 radical (unpaired) electrons.